The average molecular weight is 278 g/mol. The maximum absolute atomic E-state index is 11.6. The number of hydrogen-bond donors (Lipinski definition) is 2. The standard InChI is InChI=1S/C14H22N4O2/c1-17-11-2-3-12(17)9-18(6-4-11)8-10-5-7-20-13(10)14(19)16-15/h5,7,11-12H,2-4,6,8-9,15H2,1H3,(H,16,19). The van der Waals surface area contributed by atoms with Crippen LogP contribution in [0, 0.1) is 0 Å². The molecule has 110 valence electrons. The molecule has 20 heavy (non-hydrogen) atoms. The van der Waals surface area contributed by atoms with Crippen molar-refractivity contribution in [2.75, 3.05) is 20.1 Å². The van der Waals surface area contributed by atoms with Gasteiger partial charge in [-0.1, -0.05) is 0 Å². The summed E-state index contributed by atoms with van der Waals surface area (Å²) in [5.74, 6) is 5.14. The Kier molecular flexibility index (Phi) is 3.78. The van der Waals surface area contributed by atoms with Crippen LogP contribution in [0.15, 0.2) is 16.7 Å². The number of hydrazine groups is 1. The first kappa shape index (κ1) is 13.6. The minimum atomic E-state index is -0.363. The van der Waals surface area contributed by atoms with E-state index in [0.717, 1.165) is 31.2 Å². The molecule has 6 heteroatoms. The van der Waals surface area contributed by atoms with Crippen molar-refractivity contribution in [1.82, 2.24) is 15.2 Å². The highest BCUT2D eigenvalue weighted by Gasteiger charge is 2.34. The van der Waals surface area contributed by atoms with Gasteiger partial charge in [-0.15, -0.1) is 0 Å². The second kappa shape index (κ2) is 5.55. The first-order valence-corrected chi connectivity index (χ1v) is 7.20. The first-order chi connectivity index (χ1) is 9.69. The van der Waals surface area contributed by atoms with Gasteiger partial charge in [0.05, 0.1) is 6.26 Å². The van der Waals surface area contributed by atoms with Crippen molar-refractivity contribution in [3.05, 3.63) is 23.7 Å². The van der Waals surface area contributed by atoms with E-state index in [1.165, 1.54) is 19.3 Å². The van der Waals surface area contributed by atoms with E-state index in [0.29, 0.717) is 11.8 Å². The maximum atomic E-state index is 11.6. The van der Waals surface area contributed by atoms with Gasteiger partial charge in [-0.25, -0.2) is 5.84 Å². The smallest absolute Gasteiger partial charge is 0.301 e. The van der Waals surface area contributed by atoms with Gasteiger partial charge in [0, 0.05) is 37.3 Å². The third-order valence-electron chi connectivity index (χ3n) is 4.71. The van der Waals surface area contributed by atoms with Crippen molar-refractivity contribution in [3.63, 3.8) is 0 Å². The molecule has 2 fully saturated rings. The lowest BCUT2D eigenvalue weighted by Gasteiger charge is -2.25. The number of nitrogens with one attached hydrogen (secondary N) is 1. The Hall–Kier alpha value is -1.37. The van der Waals surface area contributed by atoms with Crippen molar-refractivity contribution < 1.29 is 9.21 Å². The molecule has 2 aliphatic heterocycles. The molecular weight excluding hydrogens is 256 g/mol. The highest BCUT2D eigenvalue weighted by atomic mass is 16.3. The number of amides is 1. The van der Waals surface area contributed by atoms with Crippen molar-refractivity contribution >= 4 is 5.91 Å². The lowest BCUT2D eigenvalue weighted by Crippen LogP contribution is -2.36. The van der Waals surface area contributed by atoms with E-state index in [1.807, 2.05) is 6.07 Å². The zero-order valence-corrected chi connectivity index (χ0v) is 11.8. The van der Waals surface area contributed by atoms with Crippen molar-refractivity contribution in [1.29, 1.82) is 0 Å². The van der Waals surface area contributed by atoms with E-state index in [2.05, 4.69) is 22.3 Å². The number of nitrogen functional groups attached to an aromatic ring is 1. The Morgan fingerprint density at radius 3 is 3.05 bits per heavy atom. The zero-order chi connectivity index (χ0) is 14.1. The number of carbonyl (C=O) groups excluding carboxylic acids is 1. The molecule has 3 N–H and O–H groups in total. The Morgan fingerprint density at radius 2 is 2.25 bits per heavy atom. The van der Waals surface area contributed by atoms with Crippen LogP contribution in [-0.4, -0.2) is 47.9 Å². The number of nitrogens with zero attached hydrogens (tertiary/aromatic N) is 2. The summed E-state index contributed by atoms with van der Waals surface area (Å²) >= 11 is 0. The van der Waals surface area contributed by atoms with E-state index < -0.39 is 0 Å². The second-order valence-corrected chi connectivity index (χ2v) is 5.82. The number of fused-ring (bicyclic) bond motifs is 2. The van der Waals surface area contributed by atoms with Crippen LogP contribution in [0.1, 0.15) is 35.4 Å². The Morgan fingerprint density at radius 1 is 1.45 bits per heavy atom. The quantitative estimate of drug-likeness (QED) is 0.480. The molecule has 2 unspecified atom stereocenters. The van der Waals surface area contributed by atoms with E-state index in [1.54, 1.807) is 6.26 Å². The van der Waals surface area contributed by atoms with Crippen LogP contribution < -0.4 is 11.3 Å². The summed E-state index contributed by atoms with van der Waals surface area (Å²) in [7, 11) is 2.23. The summed E-state index contributed by atoms with van der Waals surface area (Å²) in [6.45, 7) is 2.87. The van der Waals surface area contributed by atoms with Crippen molar-refractivity contribution in [2.45, 2.75) is 37.9 Å². The fraction of sp³-hybridized carbons (Fsp3) is 0.643. The Balaban J connectivity index is 1.69. The zero-order valence-electron chi connectivity index (χ0n) is 11.8. The Labute approximate surface area is 118 Å². The molecule has 3 rings (SSSR count). The summed E-state index contributed by atoms with van der Waals surface area (Å²) in [4.78, 5) is 16.6. The maximum Gasteiger partial charge on any atom is 0.301 e. The second-order valence-electron chi connectivity index (χ2n) is 5.82. The highest BCUT2D eigenvalue weighted by molar-refractivity contribution is 5.92. The number of carbonyl (C=O) groups is 1. The normalized spacial score (nSPS) is 27.5. The van der Waals surface area contributed by atoms with E-state index in [9.17, 15) is 4.79 Å². The molecule has 0 radical (unpaired) electrons. The third-order valence-corrected chi connectivity index (χ3v) is 4.71. The molecule has 2 aliphatic rings. The van der Waals surface area contributed by atoms with Crippen LogP contribution in [0.3, 0.4) is 0 Å². The van der Waals surface area contributed by atoms with Crippen molar-refractivity contribution in [3.8, 4) is 0 Å². The lowest BCUT2D eigenvalue weighted by atomic mass is 10.1. The molecule has 1 amide bonds. The molecule has 1 aromatic rings. The van der Waals surface area contributed by atoms with E-state index in [-0.39, 0.29) is 5.91 Å². The predicted octanol–water partition coefficient (Wildman–Crippen LogP) is 0.552. The molecule has 0 spiro atoms. The summed E-state index contributed by atoms with van der Waals surface area (Å²) in [6, 6.07) is 3.22. The van der Waals surface area contributed by atoms with Gasteiger partial charge in [-0.05, 0) is 32.4 Å². The number of hydrogen-bond acceptors (Lipinski definition) is 5. The minimum absolute atomic E-state index is 0.329. The van der Waals surface area contributed by atoms with Gasteiger partial charge in [0.2, 0.25) is 0 Å². The van der Waals surface area contributed by atoms with Gasteiger partial charge >= 0.3 is 5.91 Å². The number of likely N-dealkylation sites (N-methyl/N-ethyl adjacent to an activating group) is 1. The molecule has 0 aliphatic carbocycles. The highest BCUT2D eigenvalue weighted by Crippen LogP contribution is 2.29. The molecule has 1 aromatic heterocycles. The fourth-order valence-corrected chi connectivity index (χ4v) is 3.49. The van der Waals surface area contributed by atoms with Gasteiger partial charge in [-0.3, -0.25) is 20.0 Å². The Bertz CT molecular complexity index is 487. The van der Waals surface area contributed by atoms with Gasteiger partial charge in [0.15, 0.2) is 5.76 Å². The van der Waals surface area contributed by atoms with Gasteiger partial charge in [0.1, 0.15) is 0 Å². The number of furan rings is 1. The van der Waals surface area contributed by atoms with Crippen LogP contribution in [0.5, 0.6) is 0 Å². The monoisotopic (exact) mass is 278 g/mol. The SMILES string of the molecule is CN1C2CCC1CN(Cc1ccoc1C(=O)NN)CC2. The molecule has 0 aromatic carbocycles. The average Bonchev–Trinajstić information content (AvgIpc) is 2.98. The van der Waals surface area contributed by atoms with Gasteiger partial charge < -0.3 is 4.42 Å². The largest absolute Gasteiger partial charge is 0.459 e. The van der Waals surface area contributed by atoms with Crippen LogP contribution >= 0.6 is 0 Å². The molecule has 2 bridgehead atoms. The molecule has 2 saturated heterocycles. The molecule has 0 saturated carbocycles. The summed E-state index contributed by atoms with van der Waals surface area (Å²) < 4.78 is 5.24. The van der Waals surface area contributed by atoms with E-state index >= 15 is 0 Å². The number of likely N-dealkylation sites (tertiary alicyclic amines) is 1. The molecule has 2 atom stereocenters. The van der Waals surface area contributed by atoms with Crippen LogP contribution in [-0.2, 0) is 6.54 Å². The summed E-state index contributed by atoms with van der Waals surface area (Å²) in [5.41, 5.74) is 3.04. The van der Waals surface area contributed by atoms with Crippen LogP contribution in [0.2, 0.25) is 0 Å². The first-order valence-electron chi connectivity index (χ1n) is 7.20. The van der Waals surface area contributed by atoms with E-state index in [4.69, 9.17) is 10.3 Å². The molecule has 6 nitrogen and oxygen atoms in total. The predicted molar refractivity (Wildman–Crippen MR) is 74.8 cm³/mol. The number of rotatable bonds is 3. The third kappa shape index (κ3) is 2.46. The molecular formula is C14H22N4O2. The van der Waals surface area contributed by atoms with Gasteiger partial charge in [0.25, 0.3) is 0 Å². The topological polar surface area (TPSA) is 74.7 Å². The summed E-state index contributed by atoms with van der Waals surface area (Å²) in [6.07, 6.45) is 5.35. The molecule has 3 heterocycles. The van der Waals surface area contributed by atoms with Crippen LogP contribution in [0.4, 0.5) is 0 Å². The fourth-order valence-electron chi connectivity index (χ4n) is 3.49. The summed E-state index contributed by atoms with van der Waals surface area (Å²) in [5, 5.41) is 0. The van der Waals surface area contributed by atoms with Crippen molar-refractivity contribution in [2.24, 2.45) is 5.84 Å². The minimum Gasteiger partial charge on any atom is -0.459 e. The lowest BCUT2D eigenvalue weighted by molar-refractivity contribution is 0.0922. The number of nitrogens with two attached hydrogens (primary N) is 1. The van der Waals surface area contributed by atoms with Gasteiger partial charge in [-0.2, -0.15) is 0 Å². The van der Waals surface area contributed by atoms with Crippen LogP contribution in [0.25, 0.3) is 0 Å².